The van der Waals surface area contributed by atoms with Gasteiger partial charge in [-0.1, -0.05) is 32.4 Å². The number of nitrogens with zero attached hydrogens (tertiary/aromatic N) is 3. The number of hydrogen-bond donors (Lipinski definition) is 3. The van der Waals surface area contributed by atoms with Gasteiger partial charge in [0.25, 0.3) is 0 Å². The van der Waals surface area contributed by atoms with Crippen LogP contribution in [0.15, 0.2) is 18.2 Å². The summed E-state index contributed by atoms with van der Waals surface area (Å²) in [5, 5.41) is 20.6. The summed E-state index contributed by atoms with van der Waals surface area (Å²) in [6, 6.07) is 6.25. The number of rotatable bonds is 9. The molecule has 0 bridgehead atoms. The highest BCUT2D eigenvalue weighted by Gasteiger charge is 2.27. The van der Waals surface area contributed by atoms with Gasteiger partial charge in [0.2, 0.25) is 0 Å². The van der Waals surface area contributed by atoms with Crippen molar-refractivity contribution in [3.63, 3.8) is 0 Å². The summed E-state index contributed by atoms with van der Waals surface area (Å²) in [6.45, 7) is 6.92. The van der Waals surface area contributed by atoms with E-state index in [4.69, 9.17) is 15.5 Å². The Kier molecular flexibility index (Phi) is 6.17. The third-order valence-corrected chi connectivity index (χ3v) is 5.12. The quantitative estimate of drug-likeness (QED) is 0.522. The van der Waals surface area contributed by atoms with E-state index in [1.54, 1.807) is 0 Å². The van der Waals surface area contributed by atoms with Crippen LogP contribution in [0.25, 0.3) is 21.9 Å². The summed E-state index contributed by atoms with van der Waals surface area (Å²) >= 11 is 0. The minimum absolute atomic E-state index is 0.142. The zero-order valence-electron chi connectivity index (χ0n) is 16.9. The average Bonchev–Trinajstić information content (AvgIpc) is 3.05. The first-order valence-corrected chi connectivity index (χ1v) is 9.83. The molecule has 0 atom stereocenters. The zero-order valence-corrected chi connectivity index (χ0v) is 16.9. The van der Waals surface area contributed by atoms with E-state index in [1.807, 2.05) is 18.4 Å². The van der Waals surface area contributed by atoms with Crippen molar-refractivity contribution in [1.29, 1.82) is 0 Å². The van der Waals surface area contributed by atoms with E-state index in [0.29, 0.717) is 36.9 Å². The number of nitrogen functional groups attached to an aromatic ring is 1. The Morgan fingerprint density at radius 2 is 1.93 bits per heavy atom. The maximum absolute atomic E-state index is 9.82. The first-order chi connectivity index (χ1) is 13.5. The van der Waals surface area contributed by atoms with Crippen LogP contribution in [-0.4, -0.2) is 44.6 Å². The van der Waals surface area contributed by atoms with Crippen LogP contribution in [0, 0.1) is 5.41 Å². The minimum Gasteiger partial charge on any atom is -0.396 e. The molecule has 0 aliphatic heterocycles. The molecule has 4 N–H and O–H groups in total. The van der Waals surface area contributed by atoms with Gasteiger partial charge < -0.3 is 25.3 Å². The number of nitrogens with two attached hydrogens (primary N) is 1. The number of pyridine rings is 1. The second kappa shape index (κ2) is 8.43. The van der Waals surface area contributed by atoms with Crippen LogP contribution >= 0.6 is 0 Å². The Hall–Kier alpha value is -2.22. The molecule has 7 nitrogen and oxygen atoms in total. The van der Waals surface area contributed by atoms with Gasteiger partial charge in [-0.3, -0.25) is 0 Å². The smallest absolute Gasteiger partial charge is 0.152 e. The van der Waals surface area contributed by atoms with Crippen molar-refractivity contribution in [3.05, 3.63) is 29.6 Å². The van der Waals surface area contributed by atoms with Crippen LogP contribution in [-0.2, 0) is 24.3 Å². The van der Waals surface area contributed by atoms with Crippen molar-refractivity contribution in [2.75, 3.05) is 25.6 Å². The molecule has 0 saturated heterocycles. The van der Waals surface area contributed by atoms with Gasteiger partial charge in [-0.05, 0) is 25.0 Å². The highest BCUT2D eigenvalue weighted by molar-refractivity contribution is 6.06. The molecule has 0 aliphatic carbocycles. The third kappa shape index (κ3) is 3.83. The molecule has 1 aromatic carbocycles. The Balaban J connectivity index is 2.27. The number of hydrogen-bond acceptors (Lipinski definition) is 6. The lowest BCUT2D eigenvalue weighted by molar-refractivity contribution is 0.0530. The number of aliphatic hydroxyl groups is 2. The van der Waals surface area contributed by atoms with Crippen molar-refractivity contribution < 1.29 is 14.9 Å². The number of aromatic nitrogens is 3. The van der Waals surface area contributed by atoms with Crippen molar-refractivity contribution >= 4 is 27.8 Å². The van der Waals surface area contributed by atoms with Crippen LogP contribution in [0.3, 0.4) is 0 Å². The average molecular weight is 386 g/mol. The second-order valence-corrected chi connectivity index (χ2v) is 7.67. The standard InChI is InChI=1S/C21H30N4O3/c1-4-6-14-7-8-15-16(9-14)23-20(22)18-19(15)25(11-21(3,12-26)13-27)17(24-18)10-28-5-2/h7-9,26-27H,4-6,10-13H2,1-3H3,(H2,22,23). The summed E-state index contributed by atoms with van der Waals surface area (Å²) in [5.74, 6) is 1.09. The van der Waals surface area contributed by atoms with E-state index in [2.05, 4.69) is 30.1 Å². The summed E-state index contributed by atoms with van der Waals surface area (Å²) in [6.07, 6.45) is 2.04. The number of fused-ring (bicyclic) bond motifs is 3. The molecule has 3 rings (SSSR count). The Bertz CT molecular complexity index is 963. The van der Waals surface area contributed by atoms with Crippen molar-refractivity contribution in [1.82, 2.24) is 14.5 Å². The molecule has 28 heavy (non-hydrogen) atoms. The number of imidazole rings is 1. The third-order valence-electron chi connectivity index (χ3n) is 5.12. The highest BCUT2D eigenvalue weighted by atomic mass is 16.5. The molecule has 0 amide bonds. The number of ether oxygens (including phenoxy) is 1. The van der Waals surface area contributed by atoms with Gasteiger partial charge in [0.05, 0.1) is 24.2 Å². The molecule has 2 heterocycles. The number of anilines is 1. The van der Waals surface area contributed by atoms with Gasteiger partial charge in [0.1, 0.15) is 17.9 Å². The fourth-order valence-corrected chi connectivity index (χ4v) is 3.45. The van der Waals surface area contributed by atoms with E-state index in [-0.39, 0.29) is 13.2 Å². The Morgan fingerprint density at radius 3 is 2.57 bits per heavy atom. The molecule has 0 radical (unpaired) electrons. The molecule has 2 aromatic heterocycles. The molecule has 0 saturated carbocycles. The zero-order chi connectivity index (χ0) is 20.3. The molecule has 0 spiro atoms. The normalized spacial score (nSPS) is 12.3. The molecular weight excluding hydrogens is 356 g/mol. The van der Waals surface area contributed by atoms with Crippen LogP contribution in [0.5, 0.6) is 0 Å². The summed E-state index contributed by atoms with van der Waals surface area (Å²) < 4.78 is 7.62. The van der Waals surface area contributed by atoms with Gasteiger partial charge in [-0.2, -0.15) is 0 Å². The van der Waals surface area contributed by atoms with Gasteiger partial charge in [-0.25, -0.2) is 9.97 Å². The van der Waals surface area contributed by atoms with Crippen molar-refractivity contribution in [3.8, 4) is 0 Å². The number of aryl methyl sites for hydroxylation is 1. The number of aliphatic hydroxyl groups excluding tert-OH is 2. The maximum Gasteiger partial charge on any atom is 0.152 e. The Labute approximate surface area is 165 Å². The van der Waals surface area contributed by atoms with E-state index in [1.165, 1.54) is 5.56 Å². The van der Waals surface area contributed by atoms with Crippen LogP contribution < -0.4 is 5.73 Å². The first kappa shape index (κ1) is 20.5. The largest absolute Gasteiger partial charge is 0.396 e. The summed E-state index contributed by atoms with van der Waals surface area (Å²) in [4.78, 5) is 9.28. The van der Waals surface area contributed by atoms with Gasteiger partial charge in [0.15, 0.2) is 5.82 Å². The van der Waals surface area contributed by atoms with Crippen LogP contribution in [0.1, 0.15) is 38.6 Å². The molecular formula is C21H30N4O3. The highest BCUT2D eigenvalue weighted by Crippen LogP contribution is 2.32. The molecule has 0 unspecified atom stereocenters. The minimum atomic E-state index is -0.693. The van der Waals surface area contributed by atoms with Crippen molar-refractivity contribution in [2.45, 2.75) is 46.8 Å². The lowest BCUT2D eigenvalue weighted by Gasteiger charge is -2.26. The lowest BCUT2D eigenvalue weighted by Crippen LogP contribution is -2.32. The van der Waals surface area contributed by atoms with E-state index in [9.17, 15) is 10.2 Å². The van der Waals surface area contributed by atoms with E-state index in [0.717, 1.165) is 29.3 Å². The molecule has 0 aliphatic rings. The lowest BCUT2D eigenvalue weighted by atomic mass is 9.92. The Morgan fingerprint density at radius 1 is 1.18 bits per heavy atom. The van der Waals surface area contributed by atoms with Gasteiger partial charge in [-0.15, -0.1) is 0 Å². The van der Waals surface area contributed by atoms with Gasteiger partial charge in [0, 0.05) is 24.0 Å². The predicted octanol–water partition coefficient (Wildman–Crippen LogP) is 2.65. The molecule has 0 fully saturated rings. The summed E-state index contributed by atoms with van der Waals surface area (Å²) in [5.41, 5.74) is 9.11. The first-order valence-electron chi connectivity index (χ1n) is 9.83. The second-order valence-electron chi connectivity index (χ2n) is 7.67. The topological polar surface area (TPSA) is 106 Å². The fraction of sp³-hybridized carbons (Fsp3) is 0.524. The van der Waals surface area contributed by atoms with Crippen LogP contribution in [0.4, 0.5) is 5.82 Å². The van der Waals surface area contributed by atoms with E-state index >= 15 is 0 Å². The SMILES string of the molecule is CCCc1ccc2c(c1)nc(N)c1nc(COCC)n(CC(C)(CO)CO)c12. The van der Waals surface area contributed by atoms with Crippen molar-refractivity contribution in [2.24, 2.45) is 5.41 Å². The van der Waals surface area contributed by atoms with E-state index < -0.39 is 5.41 Å². The molecule has 3 aromatic rings. The molecule has 7 heteroatoms. The maximum atomic E-state index is 9.82. The fourth-order valence-electron chi connectivity index (χ4n) is 3.45. The number of benzene rings is 1. The molecule has 152 valence electrons. The monoisotopic (exact) mass is 386 g/mol. The van der Waals surface area contributed by atoms with Crippen LogP contribution in [0.2, 0.25) is 0 Å². The predicted molar refractivity (Wildman–Crippen MR) is 111 cm³/mol. The summed E-state index contributed by atoms with van der Waals surface area (Å²) in [7, 11) is 0. The van der Waals surface area contributed by atoms with Gasteiger partial charge >= 0.3 is 0 Å².